The van der Waals surface area contributed by atoms with Crippen LogP contribution in [0.1, 0.15) is 36.6 Å². The third kappa shape index (κ3) is 6.14. The molecule has 3 rings (SSSR count). The number of nitrogens with one attached hydrogen (secondary N) is 2. The first-order valence-electron chi connectivity index (χ1n) is 9.61. The number of nitrogens with zero attached hydrogens (tertiary/aromatic N) is 1. The van der Waals surface area contributed by atoms with Crippen LogP contribution in [-0.2, 0) is 6.61 Å². The van der Waals surface area contributed by atoms with Gasteiger partial charge in [-0.25, -0.2) is 0 Å². The molecule has 0 saturated carbocycles. The summed E-state index contributed by atoms with van der Waals surface area (Å²) in [5.74, 6) is -0.707. The lowest BCUT2D eigenvalue weighted by molar-refractivity contribution is 0.0927. The maximum Gasteiger partial charge on any atom is 0.252 e. The van der Waals surface area contributed by atoms with Gasteiger partial charge in [0.15, 0.2) is 0 Å². The monoisotopic (exact) mass is 418 g/mol. The zero-order valence-electron chi connectivity index (χ0n) is 16.7. The topological polar surface area (TPSA) is 123 Å². The molecule has 0 fully saturated rings. The normalized spacial score (nSPS) is 10.2. The second-order valence-corrected chi connectivity index (χ2v) is 6.60. The lowest BCUT2D eigenvalue weighted by Gasteiger charge is -2.11. The fraction of sp³-hybridized carbons (Fsp3) is 0.130. The zero-order chi connectivity index (χ0) is 22.1. The molecule has 0 spiro atoms. The average Bonchev–Trinajstić information content (AvgIpc) is 2.81. The number of hydrogen-bond acceptors (Lipinski definition) is 5. The molecular weight excluding hydrogens is 396 g/mol. The van der Waals surface area contributed by atoms with E-state index in [1.54, 1.807) is 60.8 Å². The molecule has 0 atom stereocenters. The maximum atomic E-state index is 12.4. The molecule has 3 amide bonds. The first-order chi connectivity index (χ1) is 15.0. The van der Waals surface area contributed by atoms with E-state index in [9.17, 15) is 14.4 Å². The Balaban J connectivity index is 1.50. The van der Waals surface area contributed by atoms with Crippen LogP contribution < -0.4 is 21.1 Å². The number of pyridine rings is 1. The SMILES string of the molecule is NC(=O)c1ccccc1OCc1cccc(C(=O)NCCNC(=O)c2cccnc2)c1. The van der Waals surface area contributed by atoms with Crippen molar-refractivity contribution in [3.05, 3.63) is 95.3 Å². The van der Waals surface area contributed by atoms with Crippen molar-refractivity contribution in [2.24, 2.45) is 5.73 Å². The summed E-state index contributed by atoms with van der Waals surface area (Å²) in [5.41, 5.74) is 7.33. The summed E-state index contributed by atoms with van der Waals surface area (Å²) >= 11 is 0. The van der Waals surface area contributed by atoms with Crippen molar-refractivity contribution in [2.75, 3.05) is 13.1 Å². The van der Waals surface area contributed by atoms with Crippen molar-refractivity contribution in [1.29, 1.82) is 0 Å². The first-order valence-corrected chi connectivity index (χ1v) is 9.61. The minimum atomic E-state index is -0.570. The third-order valence-corrected chi connectivity index (χ3v) is 4.36. The highest BCUT2D eigenvalue weighted by atomic mass is 16.5. The van der Waals surface area contributed by atoms with Crippen molar-refractivity contribution in [1.82, 2.24) is 15.6 Å². The van der Waals surface area contributed by atoms with Crippen LogP contribution in [0.3, 0.4) is 0 Å². The highest BCUT2D eigenvalue weighted by Crippen LogP contribution is 2.19. The van der Waals surface area contributed by atoms with Gasteiger partial charge in [-0.1, -0.05) is 24.3 Å². The van der Waals surface area contributed by atoms with Crippen LogP contribution in [0.15, 0.2) is 73.1 Å². The highest BCUT2D eigenvalue weighted by molar-refractivity contribution is 5.96. The minimum Gasteiger partial charge on any atom is -0.488 e. The summed E-state index contributed by atoms with van der Waals surface area (Å²) in [6, 6.07) is 17.0. The number of hydrogen-bond donors (Lipinski definition) is 3. The average molecular weight is 418 g/mol. The fourth-order valence-corrected chi connectivity index (χ4v) is 2.81. The van der Waals surface area contributed by atoms with Crippen LogP contribution in [0.5, 0.6) is 5.75 Å². The number of ether oxygens (including phenoxy) is 1. The molecule has 1 aromatic heterocycles. The van der Waals surface area contributed by atoms with E-state index in [4.69, 9.17) is 10.5 Å². The van der Waals surface area contributed by atoms with Crippen molar-refractivity contribution >= 4 is 17.7 Å². The number of nitrogens with two attached hydrogens (primary N) is 1. The van der Waals surface area contributed by atoms with E-state index in [0.717, 1.165) is 5.56 Å². The molecule has 0 unspecified atom stereocenters. The van der Waals surface area contributed by atoms with E-state index in [1.165, 1.54) is 6.20 Å². The molecule has 31 heavy (non-hydrogen) atoms. The molecule has 158 valence electrons. The second kappa shape index (κ2) is 10.5. The van der Waals surface area contributed by atoms with E-state index in [-0.39, 0.29) is 31.5 Å². The van der Waals surface area contributed by atoms with E-state index < -0.39 is 5.91 Å². The summed E-state index contributed by atoms with van der Waals surface area (Å²) in [6.07, 6.45) is 3.07. The van der Waals surface area contributed by atoms with Gasteiger partial charge in [-0.15, -0.1) is 0 Å². The van der Waals surface area contributed by atoms with Crippen LogP contribution in [0.4, 0.5) is 0 Å². The van der Waals surface area contributed by atoms with Crippen LogP contribution in [0.2, 0.25) is 0 Å². The predicted molar refractivity (Wildman–Crippen MR) is 115 cm³/mol. The van der Waals surface area contributed by atoms with Gasteiger partial charge < -0.3 is 21.1 Å². The number of carbonyl (C=O) groups excluding carboxylic acids is 3. The lowest BCUT2D eigenvalue weighted by Crippen LogP contribution is -2.34. The van der Waals surface area contributed by atoms with Crippen molar-refractivity contribution in [3.8, 4) is 5.75 Å². The quantitative estimate of drug-likeness (QED) is 0.458. The Labute approximate surface area is 179 Å². The largest absolute Gasteiger partial charge is 0.488 e. The summed E-state index contributed by atoms with van der Waals surface area (Å²) in [6.45, 7) is 0.732. The van der Waals surface area contributed by atoms with Gasteiger partial charge in [0.25, 0.3) is 17.7 Å². The van der Waals surface area contributed by atoms with Crippen LogP contribution in [0, 0.1) is 0 Å². The van der Waals surface area contributed by atoms with Crippen LogP contribution in [0.25, 0.3) is 0 Å². The van der Waals surface area contributed by atoms with E-state index >= 15 is 0 Å². The molecule has 0 saturated heterocycles. The van der Waals surface area contributed by atoms with E-state index in [1.807, 2.05) is 6.07 Å². The molecule has 0 radical (unpaired) electrons. The lowest BCUT2D eigenvalue weighted by atomic mass is 10.1. The van der Waals surface area contributed by atoms with Crippen LogP contribution in [-0.4, -0.2) is 35.8 Å². The molecule has 0 aliphatic heterocycles. The van der Waals surface area contributed by atoms with Crippen molar-refractivity contribution in [3.63, 3.8) is 0 Å². The van der Waals surface area contributed by atoms with Gasteiger partial charge in [0.05, 0.1) is 11.1 Å². The molecule has 8 nitrogen and oxygen atoms in total. The summed E-state index contributed by atoms with van der Waals surface area (Å²) < 4.78 is 5.70. The standard InChI is InChI=1S/C23H22N4O4/c24-21(28)19-8-1-2-9-20(19)31-15-16-5-3-6-17(13-16)22(29)26-11-12-27-23(30)18-7-4-10-25-14-18/h1-10,13-14H,11-12,15H2,(H2,24,28)(H,26,29)(H,27,30). The molecule has 0 bridgehead atoms. The van der Waals surface area contributed by atoms with E-state index in [2.05, 4.69) is 15.6 Å². The Morgan fingerprint density at radius 3 is 2.29 bits per heavy atom. The fourth-order valence-electron chi connectivity index (χ4n) is 2.81. The molecule has 4 N–H and O–H groups in total. The molecule has 0 aliphatic carbocycles. The van der Waals surface area contributed by atoms with Gasteiger partial charge in [0.1, 0.15) is 12.4 Å². The molecule has 3 aromatic rings. The molecule has 1 heterocycles. The Hall–Kier alpha value is -4.20. The minimum absolute atomic E-state index is 0.173. The summed E-state index contributed by atoms with van der Waals surface area (Å²) in [7, 11) is 0. The predicted octanol–water partition coefficient (Wildman–Crippen LogP) is 1.92. The highest BCUT2D eigenvalue weighted by Gasteiger charge is 2.10. The van der Waals surface area contributed by atoms with Gasteiger partial charge in [0.2, 0.25) is 0 Å². The maximum absolute atomic E-state index is 12.4. The van der Waals surface area contributed by atoms with Gasteiger partial charge in [-0.3, -0.25) is 19.4 Å². The summed E-state index contributed by atoms with van der Waals surface area (Å²) in [5, 5.41) is 5.48. The smallest absolute Gasteiger partial charge is 0.252 e. The van der Waals surface area contributed by atoms with Gasteiger partial charge >= 0.3 is 0 Å². The number of rotatable bonds is 9. The van der Waals surface area contributed by atoms with Gasteiger partial charge in [0, 0.05) is 31.0 Å². The number of amides is 3. The van der Waals surface area contributed by atoms with Gasteiger partial charge in [-0.05, 0) is 42.0 Å². The van der Waals surface area contributed by atoms with Crippen molar-refractivity contribution < 1.29 is 19.1 Å². The second-order valence-electron chi connectivity index (χ2n) is 6.60. The molecular formula is C23H22N4O4. The Bertz CT molecular complexity index is 1070. The number of benzene rings is 2. The Morgan fingerprint density at radius 2 is 1.58 bits per heavy atom. The Morgan fingerprint density at radius 1 is 0.871 bits per heavy atom. The molecule has 0 aliphatic rings. The first kappa shape index (κ1) is 21.5. The van der Waals surface area contributed by atoms with Gasteiger partial charge in [-0.2, -0.15) is 0 Å². The zero-order valence-corrected chi connectivity index (χ0v) is 16.7. The number of para-hydroxylation sites is 1. The molecule has 2 aromatic carbocycles. The molecule has 8 heteroatoms. The number of carbonyl (C=O) groups is 3. The summed E-state index contributed by atoms with van der Waals surface area (Å²) in [4.78, 5) is 39.7. The third-order valence-electron chi connectivity index (χ3n) is 4.36. The Kier molecular flexibility index (Phi) is 7.31. The number of aromatic nitrogens is 1. The van der Waals surface area contributed by atoms with Crippen LogP contribution >= 0.6 is 0 Å². The van der Waals surface area contributed by atoms with Crippen molar-refractivity contribution in [2.45, 2.75) is 6.61 Å². The number of primary amides is 1. The van der Waals surface area contributed by atoms with E-state index in [0.29, 0.717) is 22.4 Å².